The Labute approximate surface area is 97.3 Å². The monoisotopic (exact) mass is 236 g/mol. The lowest BCUT2D eigenvalue weighted by Crippen LogP contribution is -2.23. The molecule has 17 heavy (non-hydrogen) atoms. The van der Waals surface area contributed by atoms with Gasteiger partial charge in [-0.15, -0.1) is 0 Å². The minimum atomic E-state index is -0.370. The van der Waals surface area contributed by atoms with Gasteiger partial charge in [0.15, 0.2) is 0 Å². The standard InChI is InChI=1S/C11H13FN4O/c1-15-7-14-16(11(15)17)6-9-3-2-8(5-13)4-10(9)12/h2-4,7H,5-6,13H2,1H3. The van der Waals surface area contributed by atoms with Gasteiger partial charge >= 0.3 is 5.69 Å². The Morgan fingerprint density at radius 2 is 2.24 bits per heavy atom. The van der Waals surface area contributed by atoms with Gasteiger partial charge in [-0.05, 0) is 11.6 Å². The molecular weight excluding hydrogens is 223 g/mol. The second-order valence-electron chi connectivity index (χ2n) is 3.81. The van der Waals surface area contributed by atoms with Crippen LogP contribution in [-0.2, 0) is 20.1 Å². The molecule has 1 heterocycles. The second-order valence-corrected chi connectivity index (χ2v) is 3.81. The van der Waals surface area contributed by atoms with E-state index in [1.807, 2.05) is 0 Å². The van der Waals surface area contributed by atoms with Crippen molar-refractivity contribution in [2.45, 2.75) is 13.1 Å². The first-order valence-electron chi connectivity index (χ1n) is 5.17. The number of nitrogens with two attached hydrogens (primary N) is 1. The van der Waals surface area contributed by atoms with E-state index in [-0.39, 0.29) is 18.1 Å². The number of hydrogen-bond donors (Lipinski definition) is 1. The van der Waals surface area contributed by atoms with E-state index >= 15 is 0 Å². The molecule has 0 bridgehead atoms. The van der Waals surface area contributed by atoms with E-state index in [1.165, 1.54) is 21.6 Å². The van der Waals surface area contributed by atoms with Gasteiger partial charge in [-0.2, -0.15) is 5.10 Å². The van der Waals surface area contributed by atoms with Gasteiger partial charge in [-0.1, -0.05) is 12.1 Å². The fraction of sp³-hybridized carbons (Fsp3) is 0.273. The quantitative estimate of drug-likeness (QED) is 0.829. The van der Waals surface area contributed by atoms with Crippen LogP contribution in [0.1, 0.15) is 11.1 Å². The average molecular weight is 236 g/mol. The van der Waals surface area contributed by atoms with E-state index in [1.54, 1.807) is 19.2 Å². The third-order valence-corrected chi connectivity index (χ3v) is 2.56. The van der Waals surface area contributed by atoms with Gasteiger partial charge in [-0.3, -0.25) is 4.57 Å². The molecule has 0 atom stereocenters. The Bertz CT molecular complexity index is 587. The summed E-state index contributed by atoms with van der Waals surface area (Å²) in [6.45, 7) is 0.414. The lowest BCUT2D eigenvalue weighted by Gasteiger charge is -2.04. The maximum atomic E-state index is 13.7. The Morgan fingerprint density at radius 1 is 1.47 bits per heavy atom. The molecule has 90 valence electrons. The molecule has 0 radical (unpaired) electrons. The number of aromatic nitrogens is 3. The summed E-state index contributed by atoms with van der Waals surface area (Å²) >= 11 is 0. The van der Waals surface area contributed by atoms with Crippen LogP contribution in [-0.4, -0.2) is 14.3 Å². The van der Waals surface area contributed by atoms with Crippen LogP contribution in [0, 0.1) is 5.82 Å². The lowest BCUT2D eigenvalue weighted by molar-refractivity contribution is 0.573. The molecule has 0 aliphatic rings. The van der Waals surface area contributed by atoms with Crippen molar-refractivity contribution in [3.63, 3.8) is 0 Å². The molecule has 0 aliphatic heterocycles. The van der Waals surface area contributed by atoms with Crippen LogP contribution in [0.4, 0.5) is 4.39 Å². The van der Waals surface area contributed by atoms with Crippen LogP contribution in [0.15, 0.2) is 29.3 Å². The first kappa shape index (κ1) is 11.5. The zero-order valence-corrected chi connectivity index (χ0v) is 9.43. The van der Waals surface area contributed by atoms with Crippen LogP contribution >= 0.6 is 0 Å². The SMILES string of the molecule is Cn1cnn(Cc2ccc(CN)cc2F)c1=O. The zero-order chi connectivity index (χ0) is 12.4. The molecule has 6 heteroatoms. The highest BCUT2D eigenvalue weighted by molar-refractivity contribution is 5.24. The normalized spacial score (nSPS) is 10.8. The van der Waals surface area contributed by atoms with Gasteiger partial charge in [-0.25, -0.2) is 13.9 Å². The van der Waals surface area contributed by atoms with Crippen molar-refractivity contribution >= 4 is 0 Å². The number of halogens is 1. The van der Waals surface area contributed by atoms with Crippen LogP contribution in [0.5, 0.6) is 0 Å². The average Bonchev–Trinajstić information content (AvgIpc) is 2.63. The van der Waals surface area contributed by atoms with Crippen molar-refractivity contribution in [1.29, 1.82) is 0 Å². The third kappa shape index (κ3) is 2.26. The number of hydrogen-bond acceptors (Lipinski definition) is 3. The Kier molecular flexibility index (Phi) is 3.06. The highest BCUT2D eigenvalue weighted by atomic mass is 19.1. The van der Waals surface area contributed by atoms with Crippen molar-refractivity contribution in [3.8, 4) is 0 Å². The van der Waals surface area contributed by atoms with Gasteiger partial charge in [0.2, 0.25) is 0 Å². The Morgan fingerprint density at radius 3 is 2.76 bits per heavy atom. The summed E-state index contributed by atoms with van der Waals surface area (Å²) in [6, 6.07) is 4.74. The predicted octanol–water partition coefficient (Wildman–Crippen LogP) is 0.228. The number of benzene rings is 1. The van der Waals surface area contributed by atoms with Crippen molar-refractivity contribution in [2.24, 2.45) is 12.8 Å². The maximum absolute atomic E-state index is 13.7. The predicted molar refractivity (Wildman–Crippen MR) is 60.9 cm³/mol. The zero-order valence-electron chi connectivity index (χ0n) is 9.43. The fourth-order valence-electron chi connectivity index (χ4n) is 1.54. The first-order valence-corrected chi connectivity index (χ1v) is 5.17. The minimum absolute atomic E-state index is 0.121. The molecule has 0 saturated heterocycles. The molecule has 2 rings (SSSR count). The largest absolute Gasteiger partial charge is 0.345 e. The van der Waals surface area contributed by atoms with E-state index in [9.17, 15) is 9.18 Å². The molecule has 1 aromatic heterocycles. The highest BCUT2D eigenvalue weighted by Crippen LogP contribution is 2.10. The summed E-state index contributed by atoms with van der Waals surface area (Å²) in [4.78, 5) is 11.5. The van der Waals surface area contributed by atoms with Gasteiger partial charge in [0.1, 0.15) is 12.1 Å². The molecule has 0 fully saturated rings. The minimum Gasteiger partial charge on any atom is -0.326 e. The van der Waals surface area contributed by atoms with E-state index < -0.39 is 0 Å². The van der Waals surface area contributed by atoms with Gasteiger partial charge < -0.3 is 5.73 Å². The molecule has 0 aliphatic carbocycles. The van der Waals surface area contributed by atoms with Gasteiger partial charge in [0.05, 0.1) is 6.54 Å². The summed E-state index contributed by atoms with van der Waals surface area (Å²) in [7, 11) is 1.60. The van der Waals surface area contributed by atoms with Crippen LogP contribution in [0.3, 0.4) is 0 Å². The maximum Gasteiger partial charge on any atom is 0.345 e. The third-order valence-electron chi connectivity index (χ3n) is 2.56. The number of nitrogens with zero attached hydrogens (tertiary/aromatic N) is 3. The van der Waals surface area contributed by atoms with Gasteiger partial charge in [0, 0.05) is 19.2 Å². The molecule has 0 unspecified atom stereocenters. The number of rotatable bonds is 3. The molecule has 0 saturated carbocycles. The van der Waals surface area contributed by atoms with E-state index in [2.05, 4.69) is 5.10 Å². The van der Waals surface area contributed by atoms with Crippen LogP contribution in [0.2, 0.25) is 0 Å². The molecule has 0 amide bonds. The first-order chi connectivity index (χ1) is 8.11. The summed E-state index contributed by atoms with van der Waals surface area (Å²) in [6.07, 6.45) is 1.40. The molecule has 1 aromatic carbocycles. The molecule has 2 N–H and O–H groups in total. The smallest absolute Gasteiger partial charge is 0.326 e. The van der Waals surface area contributed by atoms with Crippen molar-refractivity contribution in [1.82, 2.24) is 14.3 Å². The molecular formula is C11H13FN4O. The summed E-state index contributed by atoms with van der Waals surface area (Å²) in [5.41, 5.74) is 6.28. The molecule has 2 aromatic rings. The fourth-order valence-corrected chi connectivity index (χ4v) is 1.54. The van der Waals surface area contributed by atoms with Crippen molar-refractivity contribution in [3.05, 3.63) is 52.0 Å². The highest BCUT2D eigenvalue weighted by Gasteiger charge is 2.07. The van der Waals surface area contributed by atoms with Crippen LogP contribution in [0.25, 0.3) is 0 Å². The van der Waals surface area contributed by atoms with Crippen molar-refractivity contribution < 1.29 is 4.39 Å². The van der Waals surface area contributed by atoms with E-state index in [0.29, 0.717) is 12.1 Å². The van der Waals surface area contributed by atoms with E-state index in [4.69, 9.17) is 5.73 Å². The summed E-state index contributed by atoms with van der Waals surface area (Å²) in [5.74, 6) is -0.370. The topological polar surface area (TPSA) is 65.8 Å². The second kappa shape index (κ2) is 4.50. The van der Waals surface area contributed by atoms with Gasteiger partial charge in [0.25, 0.3) is 0 Å². The number of aryl methyl sites for hydroxylation is 1. The molecule has 0 spiro atoms. The summed E-state index contributed by atoms with van der Waals surface area (Å²) < 4.78 is 16.2. The Balaban J connectivity index is 2.30. The van der Waals surface area contributed by atoms with Crippen molar-refractivity contribution in [2.75, 3.05) is 0 Å². The Hall–Kier alpha value is -1.95. The van der Waals surface area contributed by atoms with Crippen LogP contribution < -0.4 is 11.4 Å². The van der Waals surface area contributed by atoms with E-state index in [0.717, 1.165) is 5.56 Å². The lowest BCUT2D eigenvalue weighted by atomic mass is 10.1. The summed E-state index contributed by atoms with van der Waals surface area (Å²) in [5, 5.41) is 3.87. The molecule has 5 nitrogen and oxygen atoms in total.